The molecule has 1 amide bonds. The van der Waals surface area contributed by atoms with Crippen LogP contribution in [0.2, 0.25) is 0 Å². The van der Waals surface area contributed by atoms with E-state index in [1.807, 2.05) is 22.8 Å². The SMILES string of the molecule is O=C(NC1CCCC1)c1ncn2c1COc1c(CC(O)CO)cccc1-2. The molecular formula is C19H23N3O4. The number of ether oxygens (including phenoxy) is 1. The number of nitrogens with zero attached hydrogens (tertiary/aromatic N) is 2. The van der Waals surface area contributed by atoms with Crippen LogP contribution in [0.1, 0.15) is 47.4 Å². The van der Waals surface area contributed by atoms with Crippen molar-refractivity contribution in [1.29, 1.82) is 0 Å². The molecule has 138 valence electrons. The van der Waals surface area contributed by atoms with E-state index in [4.69, 9.17) is 9.84 Å². The Kier molecular flexibility index (Phi) is 4.65. The number of aromatic nitrogens is 2. The summed E-state index contributed by atoms with van der Waals surface area (Å²) in [6, 6.07) is 5.87. The quantitative estimate of drug-likeness (QED) is 0.750. The van der Waals surface area contributed by atoms with Crippen molar-refractivity contribution in [3.05, 3.63) is 41.5 Å². The fourth-order valence-electron chi connectivity index (χ4n) is 3.78. The molecular weight excluding hydrogens is 334 g/mol. The van der Waals surface area contributed by atoms with Gasteiger partial charge in [-0.2, -0.15) is 0 Å². The minimum Gasteiger partial charge on any atom is -0.485 e. The number of imidazole rings is 1. The van der Waals surface area contributed by atoms with Crippen LogP contribution in [0.25, 0.3) is 5.69 Å². The van der Waals surface area contributed by atoms with Crippen LogP contribution in [-0.2, 0) is 13.0 Å². The highest BCUT2D eigenvalue weighted by molar-refractivity contribution is 5.94. The average molecular weight is 357 g/mol. The highest BCUT2D eigenvalue weighted by Crippen LogP contribution is 2.34. The fraction of sp³-hybridized carbons (Fsp3) is 0.474. The number of carbonyl (C=O) groups excluding carboxylic acids is 1. The number of aliphatic hydroxyl groups is 2. The number of nitrogens with one attached hydrogen (secondary N) is 1. The zero-order valence-corrected chi connectivity index (χ0v) is 14.5. The Morgan fingerprint density at radius 3 is 2.96 bits per heavy atom. The third-order valence-corrected chi connectivity index (χ3v) is 5.13. The van der Waals surface area contributed by atoms with Gasteiger partial charge in [0.1, 0.15) is 18.7 Å². The monoisotopic (exact) mass is 357 g/mol. The molecule has 4 rings (SSSR count). The number of hydrogen-bond donors (Lipinski definition) is 3. The molecule has 26 heavy (non-hydrogen) atoms. The molecule has 2 aromatic rings. The lowest BCUT2D eigenvalue weighted by Crippen LogP contribution is -2.33. The van der Waals surface area contributed by atoms with Crippen LogP contribution in [-0.4, -0.2) is 44.4 Å². The van der Waals surface area contributed by atoms with Crippen molar-refractivity contribution in [2.75, 3.05) is 6.61 Å². The van der Waals surface area contributed by atoms with Gasteiger partial charge < -0.3 is 20.3 Å². The van der Waals surface area contributed by atoms with Crippen LogP contribution >= 0.6 is 0 Å². The number of aliphatic hydroxyl groups excluding tert-OH is 2. The van der Waals surface area contributed by atoms with Crippen LogP contribution < -0.4 is 10.1 Å². The highest BCUT2D eigenvalue weighted by Gasteiger charge is 2.28. The van der Waals surface area contributed by atoms with Crippen LogP contribution in [0.3, 0.4) is 0 Å². The van der Waals surface area contributed by atoms with Crippen molar-refractivity contribution >= 4 is 5.91 Å². The van der Waals surface area contributed by atoms with E-state index in [9.17, 15) is 9.90 Å². The molecule has 1 unspecified atom stereocenters. The Hall–Kier alpha value is -2.38. The second-order valence-corrected chi connectivity index (χ2v) is 6.96. The normalized spacial score (nSPS) is 17.3. The molecule has 1 atom stereocenters. The van der Waals surface area contributed by atoms with Gasteiger partial charge in [0.05, 0.1) is 24.1 Å². The summed E-state index contributed by atoms with van der Waals surface area (Å²) in [4.78, 5) is 16.9. The van der Waals surface area contributed by atoms with Gasteiger partial charge in [0.2, 0.25) is 0 Å². The number of benzene rings is 1. The molecule has 7 nitrogen and oxygen atoms in total. The van der Waals surface area contributed by atoms with Crippen LogP contribution in [0.15, 0.2) is 24.5 Å². The van der Waals surface area contributed by atoms with Gasteiger partial charge in [-0.1, -0.05) is 25.0 Å². The lowest BCUT2D eigenvalue weighted by atomic mass is 10.0. The molecule has 2 aliphatic rings. The number of para-hydroxylation sites is 1. The van der Waals surface area contributed by atoms with Crippen molar-refractivity contribution in [2.24, 2.45) is 0 Å². The van der Waals surface area contributed by atoms with Crippen molar-refractivity contribution < 1.29 is 19.7 Å². The molecule has 0 radical (unpaired) electrons. The summed E-state index contributed by atoms with van der Waals surface area (Å²) in [7, 11) is 0. The van der Waals surface area contributed by atoms with Crippen LogP contribution in [0.5, 0.6) is 5.75 Å². The number of amides is 1. The maximum atomic E-state index is 12.6. The molecule has 1 aliphatic carbocycles. The maximum Gasteiger partial charge on any atom is 0.272 e. The van der Waals surface area contributed by atoms with Gasteiger partial charge in [-0.05, 0) is 24.5 Å². The summed E-state index contributed by atoms with van der Waals surface area (Å²) in [5, 5.41) is 21.9. The number of rotatable bonds is 5. The standard InChI is InChI=1S/C19H23N3O4/c23-9-14(24)8-12-4-3-7-15-18(12)26-10-16-17(20-11-22(15)16)19(25)21-13-5-1-2-6-13/h3-4,7,11,13-14,23-24H,1-2,5-6,8-10H2,(H,21,25). The minimum absolute atomic E-state index is 0.149. The minimum atomic E-state index is -0.831. The summed E-state index contributed by atoms with van der Waals surface area (Å²) < 4.78 is 7.78. The summed E-state index contributed by atoms with van der Waals surface area (Å²) >= 11 is 0. The molecule has 1 aliphatic heterocycles. The van der Waals surface area contributed by atoms with Crippen LogP contribution in [0, 0.1) is 0 Å². The zero-order chi connectivity index (χ0) is 18.1. The van der Waals surface area contributed by atoms with Gasteiger partial charge >= 0.3 is 0 Å². The van der Waals surface area contributed by atoms with E-state index in [0.717, 1.165) is 42.6 Å². The Balaban J connectivity index is 1.62. The van der Waals surface area contributed by atoms with E-state index in [-0.39, 0.29) is 25.2 Å². The summed E-state index contributed by atoms with van der Waals surface area (Å²) in [6.45, 7) is -0.0574. The molecule has 3 N–H and O–H groups in total. The summed E-state index contributed by atoms with van der Waals surface area (Å²) in [5.74, 6) is 0.511. The predicted molar refractivity (Wildman–Crippen MR) is 94.4 cm³/mol. The molecule has 1 aromatic carbocycles. The number of carbonyl (C=O) groups is 1. The lowest BCUT2D eigenvalue weighted by Gasteiger charge is -2.23. The number of hydrogen-bond acceptors (Lipinski definition) is 5. The van der Waals surface area contributed by atoms with Crippen molar-refractivity contribution in [3.63, 3.8) is 0 Å². The molecule has 2 heterocycles. The maximum absolute atomic E-state index is 12.6. The molecule has 0 saturated heterocycles. The molecule has 1 saturated carbocycles. The fourth-order valence-corrected chi connectivity index (χ4v) is 3.78. The second-order valence-electron chi connectivity index (χ2n) is 6.96. The first-order valence-electron chi connectivity index (χ1n) is 9.08. The predicted octanol–water partition coefficient (Wildman–Crippen LogP) is 1.33. The van der Waals surface area contributed by atoms with E-state index >= 15 is 0 Å². The molecule has 7 heteroatoms. The smallest absolute Gasteiger partial charge is 0.272 e. The zero-order valence-electron chi connectivity index (χ0n) is 14.5. The van der Waals surface area contributed by atoms with E-state index in [2.05, 4.69) is 10.3 Å². The van der Waals surface area contributed by atoms with Crippen molar-refractivity contribution in [2.45, 2.75) is 50.9 Å². The molecule has 1 fully saturated rings. The largest absolute Gasteiger partial charge is 0.485 e. The van der Waals surface area contributed by atoms with E-state index < -0.39 is 6.10 Å². The number of fused-ring (bicyclic) bond motifs is 3. The first kappa shape index (κ1) is 17.1. The van der Waals surface area contributed by atoms with E-state index in [0.29, 0.717) is 17.9 Å². The van der Waals surface area contributed by atoms with Gasteiger partial charge in [0.15, 0.2) is 5.69 Å². The third-order valence-electron chi connectivity index (χ3n) is 5.13. The van der Waals surface area contributed by atoms with Gasteiger partial charge in [0.25, 0.3) is 5.91 Å². The van der Waals surface area contributed by atoms with Crippen LogP contribution in [0.4, 0.5) is 0 Å². The van der Waals surface area contributed by atoms with E-state index in [1.165, 1.54) is 0 Å². The Morgan fingerprint density at radius 2 is 2.19 bits per heavy atom. The molecule has 1 aromatic heterocycles. The first-order valence-corrected chi connectivity index (χ1v) is 9.08. The van der Waals surface area contributed by atoms with Crippen molar-refractivity contribution in [3.8, 4) is 11.4 Å². The third kappa shape index (κ3) is 3.08. The Bertz CT molecular complexity index is 811. The second kappa shape index (κ2) is 7.09. The topological polar surface area (TPSA) is 96.6 Å². The summed E-state index contributed by atoms with van der Waals surface area (Å²) in [5.41, 5.74) is 2.75. The highest BCUT2D eigenvalue weighted by atomic mass is 16.5. The van der Waals surface area contributed by atoms with Gasteiger partial charge in [-0.3, -0.25) is 9.36 Å². The van der Waals surface area contributed by atoms with Gasteiger partial charge in [-0.15, -0.1) is 0 Å². The van der Waals surface area contributed by atoms with E-state index in [1.54, 1.807) is 6.33 Å². The average Bonchev–Trinajstić information content (AvgIpc) is 3.31. The Labute approximate surface area is 151 Å². The van der Waals surface area contributed by atoms with Crippen molar-refractivity contribution in [1.82, 2.24) is 14.9 Å². The van der Waals surface area contributed by atoms with Gasteiger partial charge in [0, 0.05) is 12.5 Å². The Morgan fingerprint density at radius 1 is 1.38 bits per heavy atom. The van der Waals surface area contributed by atoms with Gasteiger partial charge in [-0.25, -0.2) is 4.98 Å². The summed E-state index contributed by atoms with van der Waals surface area (Å²) in [6.07, 6.45) is 5.48. The molecule has 0 bridgehead atoms. The lowest BCUT2D eigenvalue weighted by molar-refractivity contribution is 0.0929. The molecule has 0 spiro atoms. The first-order chi connectivity index (χ1) is 12.7.